The van der Waals surface area contributed by atoms with Gasteiger partial charge in [0.25, 0.3) is 8.32 Å². The third kappa shape index (κ3) is 5.04. The summed E-state index contributed by atoms with van der Waals surface area (Å²) in [5, 5.41) is 0. The number of hydrogen-bond acceptors (Lipinski definition) is 3. The van der Waals surface area contributed by atoms with E-state index in [1.807, 2.05) is 81.4 Å². The largest absolute Gasteiger partial charge is 0.385 e. The lowest BCUT2D eigenvalue weighted by Gasteiger charge is -2.51. The van der Waals surface area contributed by atoms with Crippen LogP contribution in [-0.2, 0) is 13.9 Å². The first-order valence-electron chi connectivity index (χ1n) is 10.6. The zero-order valence-electron chi connectivity index (χ0n) is 18.3. The summed E-state index contributed by atoms with van der Waals surface area (Å²) < 4.78 is 19.2. The lowest BCUT2D eigenvalue weighted by atomic mass is 9.92. The molecule has 0 bridgehead atoms. The lowest BCUT2D eigenvalue weighted by molar-refractivity contribution is -0.301. The molecule has 2 aromatic carbocycles. The van der Waals surface area contributed by atoms with E-state index in [0.717, 1.165) is 17.2 Å². The summed E-state index contributed by atoms with van der Waals surface area (Å²) in [7, 11) is -2.36. The number of hydrogen-bond donors (Lipinski definition) is 0. The summed E-state index contributed by atoms with van der Waals surface area (Å²) in [5.41, 5.74) is 4.50. The minimum absolute atomic E-state index is 0.528. The van der Waals surface area contributed by atoms with E-state index in [0.29, 0.717) is 19.6 Å². The van der Waals surface area contributed by atoms with Crippen LogP contribution in [0.15, 0.2) is 60.7 Å². The normalized spacial score (nSPS) is 24.8. The van der Waals surface area contributed by atoms with Crippen molar-refractivity contribution >= 4 is 8.32 Å². The van der Waals surface area contributed by atoms with Gasteiger partial charge in [0.05, 0.1) is 0 Å². The van der Waals surface area contributed by atoms with Crippen LogP contribution < -0.4 is 0 Å². The highest BCUT2D eigenvalue weighted by Crippen LogP contribution is 2.44. The van der Waals surface area contributed by atoms with Crippen LogP contribution in [0.4, 0.5) is 0 Å². The maximum Gasteiger partial charge on any atom is 0.271 e. The SMILES string of the molecule is CCOC1(OCC)CC[Si](C)(C#Cc2ccccc2)OC1(C)C#Cc1ccccc1. The molecule has 0 radical (unpaired) electrons. The Labute approximate surface area is 181 Å². The molecular formula is C26H30O3Si. The first kappa shape index (κ1) is 22.3. The van der Waals surface area contributed by atoms with Crippen molar-refractivity contribution in [2.24, 2.45) is 0 Å². The molecule has 156 valence electrons. The van der Waals surface area contributed by atoms with Crippen molar-refractivity contribution in [2.75, 3.05) is 13.2 Å². The van der Waals surface area contributed by atoms with Gasteiger partial charge in [-0.05, 0) is 57.6 Å². The standard InChI is InChI=1S/C26H30O3Si/c1-5-27-26(28-6-2)20-22-30(4,21-18-24-15-11-8-12-16-24)29-25(26,3)19-17-23-13-9-7-10-14-23/h7-16H,5-6,20,22H2,1-4H3. The van der Waals surface area contributed by atoms with Gasteiger partial charge in [0.1, 0.15) is 0 Å². The highest BCUT2D eigenvalue weighted by atomic mass is 28.4. The maximum absolute atomic E-state index is 6.77. The van der Waals surface area contributed by atoms with Crippen LogP contribution in [0.5, 0.6) is 0 Å². The molecule has 2 unspecified atom stereocenters. The Morgan fingerprint density at radius 1 is 0.900 bits per heavy atom. The zero-order chi connectivity index (χ0) is 21.5. The molecule has 0 spiro atoms. The van der Waals surface area contributed by atoms with E-state index in [4.69, 9.17) is 13.9 Å². The first-order valence-corrected chi connectivity index (χ1v) is 13.2. The third-order valence-electron chi connectivity index (χ3n) is 5.31. The topological polar surface area (TPSA) is 27.7 Å². The molecule has 0 amide bonds. The summed E-state index contributed by atoms with van der Waals surface area (Å²) in [6, 6.07) is 20.8. The number of benzene rings is 2. The van der Waals surface area contributed by atoms with Crippen molar-refractivity contribution in [3.63, 3.8) is 0 Å². The molecule has 1 aliphatic heterocycles. The minimum Gasteiger partial charge on any atom is -0.385 e. The zero-order valence-corrected chi connectivity index (χ0v) is 19.3. The van der Waals surface area contributed by atoms with Crippen molar-refractivity contribution in [3.8, 4) is 23.3 Å². The van der Waals surface area contributed by atoms with Crippen molar-refractivity contribution in [3.05, 3.63) is 71.8 Å². The molecule has 1 aliphatic rings. The Hall–Kier alpha value is -2.34. The van der Waals surface area contributed by atoms with Crippen LogP contribution in [0.1, 0.15) is 38.3 Å². The molecule has 0 aromatic heterocycles. The van der Waals surface area contributed by atoms with Crippen LogP contribution in [0, 0.1) is 23.3 Å². The van der Waals surface area contributed by atoms with E-state index in [2.05, 4.69) is 29.9 Å². The van der Waals surface area contributed by atoms with E-state index in [1.54, 1.807) is 0 Å². The van der Waals surface area contributed by atoms with E-state index in [-0.39, 0.29) is 0 Å². The quantitative estimate of drug-likeness (QED) is 0.390. The summed E-state index contributed by atoms with van der Waals surface area (Å²) in [6.07, 6.45) is 0.709. The van der Waals surface area contributed by atoms with Gasteiger partial charge in [-0.25, -0.2) is 0 Å². The van der Waals surface area contributed by atoms with Gasteiger partial charge in [0.15, 0.2) is 5.60 Å². The number of rotatable bonds is 4. The van der Waals surface area contributed by atoms with Gasteiger partial charge in [-0.3, -0.25) is 0 Å². The van der Waals surface area contributed by atoms with Gasteiger partial charge in [0, 0.05) is 30.8 Å². The molecule has 1 heterocycles. The summed E-state index contributed by atoms with van der Waals surface area (Å²) >= 11 is 0. The molecule has 3 nitrogen and oxygen atoms in total. The second kappa shape index (κ2) is 9.64. The molecule has 1 fully saturated rings. The van der Waals surface area contributed by atoms with E-state index >= 15 is 0 Å². The van der Waals surface area contributed by atoms with Crippen molar-refractivity contribution in [1.29, 1.82) is 0 Å². The molecule has 1 saturated heterocycles. The maximum atomic E-state index is 6.77. The molecule has 3 rings (SSSR count). The van der Waals surface area contributed by atoms with Crippen LogP contribution in [-0.4, -0.2) is 32.9 Å². The van der Waals surface area contributed by atoms with Crippen LogP contribution in [0.2, 0.25) is 12.6 Å². The molecule has 30 heavy (non-hydrogen) atoms. The van der Waals surface area contributed by atoms with Crippen molar-refractivity contribution < 1.29 is 13.9 Å². The van der Waals surface area contributed by atoms with Crippen LogP contribution >= 0.6 is 0 Å². The molecule has 2 atom stereocenters. The van der Waals surface area contributed by atoms with E-state index < -0.39 is 19.7 Å². The average molecular weight is 419 g/mol. The smallest absolute Gasteiger partial charge is 0.271 e. The van der Waals surface area contributed by atoms with Gasteiger partial charge in [0.2, 0.25) is 5.79 Å². The Balaban J connectivity index is 1.99. The molecule has 2 aromatic rings. The molecule has 0 N–H and O–H groups in total. The Bertz CT molecular complexity index is 946. The van der Waals surface area contributed by atoms with E-state index in [1.165, 1.54) is 0 Å². The van der Waals surface area contributed by atoms with Crippen molar-refractivity contribution in [2.45, 2.75) is 51.2 Å². The predicted molar refractivity (Wildman–Crippen MR) is 123 cm³/mol. The Morgan fingerprint density at radius 3 is 1.97 bits per heavy atom. The summed E-state index contributed by atoms with van der Waals surface area (Å²) in [4.78, 5) is 0. The first-order chi connectivity index (χ1) is 14.4. The fourth-order valence-electron chi connectivity index (χ4n) is 3.80. The van der Waals surface area contributed by atoms with E-state index in [9.17, 15) is 0 Å². The molecule has 0 aliphatic carbocycles. The number of ether oxygens (including phenoxy) is 2. The molecule has 0 saturated carbocycles. The summed E-state index contributed by atoms with van der Waals surface area (Å²) in [5.74, 6) is 9.06. The van der Waals surface area contributed by atoms with Crippen molar-refractivity contribution in [1.82, 2.24) is 0 Å². The van der Waals surface area contributed by atoms with Crippen LogP contribution in [0.25, 0.3) is 0 Å². The third-order valence-corrected chi connectivity index (χ3v) is 8.02. The average Bonchev–Trinajstić information content (AvgIpc) is 2.76. The fourth-order valence-corrected chi connectivity index (χ4v) is 6.40. The Kier molecular flexibility index (Phi) is 7.18. The van der Waals surface area contributed by atoms with Gasteiger partial charge in [-0.2, -0.15) is 0 Å². The monoisotopic (exact) mass is 418 g/mol. The lowest BCUT2D eigenvalue weighted by Crippen LogP contribution is -2.65. The second-order valence-electron chi connectivity index (χ2n) is 7.72. The van der Waals surface area contributed by atoms with Gasteiger partial charge in [-0.15, -0.1) is 0 Å². The summed E-state index contributed by atoms with van der Waals surface area (Å²) in [6.45, 7) is 9.16. The Morgan fingerprint density at radius 2 is 1.43 bits per heavy atom. The van der Waals surface area contributed by atoms with Gasteiger partial charge >= 0.3 is 0 Å². The predicted octanol–water partition coefficient (Wildman–Crippen LogP) is 5.15. The second-order valence-corrected chi connectivity index (χ2v) is 11.1. The van der Waals surface area contributed by atoms with Gasteiger partial charge in [-0.1, -0.05) is 59.7 Å². The van der Waals surface area contributed by atoms with Crippen LogP contribution in [0.3, 0.4) is 0 Å². The minimum atomic E-state index is -2.36. The fraction of sp³-hybridized carbons (Fsp3) is 0.385. The van der Waals surface area contributed by atoms with Gasteiger partial charge < -0.3 is 13.9 Å². The molecular weight excluding hydrogens is 388 g/mol. The molecule has 4 heteroatoms. The highest BCUT2D eigenvalue weighted by molar-refractivity contribution is 6.80. The highest BCUT2D eigenvalue weighted by Gasteiger charge is 2.58.